The van der Waals surface area contributed by atoms with Crippen LogP contribution in [0.3, 0.4) is 0 Å². The Balaban J connectivity index is 1.68. The lowest BCUT2D eigenvalue weighted by atomic mass is 9.77. The molecule has 30 heavy (non-hydrogen) atoms. The largest absolute Gasteiger partial charge is 0.493 e. The fraction of sp³-hybridized carbons (Fsp3) is 0.417. The molecule has 0 spiro atoms. The fourth-order valence-electron chi connectivity index (χ4n) is 4.52. The first-order chi connectivity index (χ1) is 14.7. The van der Waals surface area contributed by atoms with Crippen molar-refractivity contribution in [3.8, 4) is 23.0 Å². The predicted octanol–water partition coefficient (Wildman–Crippen LogP) is 4.56. The number of anilines is 1. The van der Waals surface area contributed by atoms with Gasteiger partial charge in [0.1, 0.15) is 12.4 Å². The average Bonchev–Trinajstić information content (AvgIpc) is 3.28. The Morgan fingerprint density at radius 1 is 0.933 bits per heavy atom. The van der Waals surface area contributed by atoms with Gasteiger partial charge in [-0.05, 0) is 53.8 Å². The third-order valence-corrected chi connectivity index (χ3v) is 5.94. The molecule has 2 aromatic carbocycles. The molecule has 0 radical (unpaired) electrons. The number of methoxy groups -OCH3 is 4. The van der Waals surface area contributed by atoms with Gasteiger partial charge in [0.05, 0.1) is 34.0 Å². The second-order valence-corrected chi connectivity index (χ2v) is 7.52. The van der Waals surface area contributed by atoms with E-state index in [1.165, 1.54) is 5.56 Å². The maximum Gasteiger partial charge on any atom is 0.203 e. The third-order valence-electron chi connectivity index (χ3n) is 5.94. The number of benzene rings is 2. The van der Waals surface area contributed by atoms with Crippen molar-refractivity contribution in [1.29, 1.82) is 0 Å². The summed E-state index contributed by atoms with van der Waals surface area (Å²) >= 11 is 0. The molecule has 6 heteroatoms. The van der Waals surface area contributed by atoms with E-state index in [0.717, 1.165) is 23.4 Å². The van der Waals surface area contributed by atoms with Crippen LogP contribution in [0, 0.1) is 5.92 Å². The Hall–Kier alpha value is -2.86. The summed E-state index contributed by atoms with van der Waals surface area (Å²) < 4.78 is 27.6. The van der Waals surface area contributed by atoms with Crippen LogP contribution in [0.15, 0.2) is 42.5 Å². The minimum atomic E-state index is 0.131. The Kier molecular flexibility index (Phi) is 6.04. The zero-order chi connectivity index (χ0) is 21.1. The number of nitrogens with one attached hydrogen (secondary N) is 1. The van der Waals surface area contributed by atoms with E-state index in [9.17, 15) is 0 Å². The van der Waals surface area contributed by atoms with E-state index >= 15 is 0 Å². The Labute approximate surface area is 177 Å². The molecule has 1 aliphatic heterocycles. The number of rotatable bonds is 8. The molecule has 2 aliphatic rings. The van der Waals surface area contributed by atoms with Crippen molar-refractivity contribution in [1.82, 2.24) is 0 Å². The molecule has 6 nitrogen and oxygen atoms in total. The molecule has 0 saturated carbocycles. The van der Waals surface area contributed by atoms with E-state index in [4.69, 9.17) is 23.7 Å². The van der Waals surface area contributed by atoms with Crippen LogP contribution in [0.1, 0.15) is 29.5 Å². The highest BCUT2D eigenvalue weighted by molar-refractivity contribution is 5.63. The highest BCUT2D eigenvalue weighted by Gasteiger charge is 2.38. The molecule has 0 fully saturated rings. The van der Waals surface area contributed by atoms with Crippen LogP contribution in [0.25, 0.3) is 0 Å². The number of allylic oxidation sites excluding steroid dienone is 2. The van der Waals surface area contributed by atoms with Crippen molar-refractivity contribution in [2.24, 2.45) is 5.92 Å². The molecule has 3 atom stereocenters. The van der Waals surface area contributed by atoms with Crippen molar-refractivity contribution >= 4 is 5.69 Å². The molecular formula is C24H29NO5. The fourth-order valence-corrected chi connectivity index (χ4v) is 4.52. The molecule has 0 aromatic heterocycles. The van der Waals surface area contributed by atoms with Gasteiger partial charge < -0.3 is 29.0 Å². The average molecular weight is 411 g/mol. The summed E-state index contributed by atoms with van der Waals surface area (Å²) in [7, 11) is 6.60. The maximum atomic E-state index is 5.83. The minimum Gasteiger partial charge on any atom is -0.493 e. The molecule has 0 bridgehead atoms. The summed E-state index contributed by atoms with van der Waals surface area (Å²) in [6.07, 6.45) is 5.59. The first-order valence-electron chi connectivity index (χ1n) is 10.2. The normalized spacial score (nSPS) is 21.4. The monoisotopic (exact) mass is 411 g/mol. The summed E-state index contributed by atoms with van der Waals surface area (Å²) in [6, 6.07) is 10.5. The van der Waals surface area contributed by atoms with Crippen molar-refractivity contribution in [3.05, 3.63) is 53.6 Å². The van der Waals surface area contributed by atoms with E-state index in [-0.39, 0.29) is 6.04 Å². The van der Waals surface area contributed by atoms with Gasteiger partial charge in [0.25, 0.3) is 0 Å². The summed E-state index contributed by atoms with van der Waals surface area (Å²) in [6.45, 7) is 1.12. The maximum absolute atomic E-state index is 5.83. The van der Waals surface area contributed by atoms with Crippen LogP contribution in [-0.2, 0) is 4.74 Å². The van der Waals surface area contributed by atoms with Crippen LogP contribution in [0.4, 0.5) is 5.69 Å². The lowest BCUT2D eigenvalue weighted by Gasteiger charge is -2.38. The van der Waals surface area contributed by atoms with Gasteiger partial charge in [-0.1, -0.05) is 12.2 Å². The Bertz CT molecular complexity index is 901. The summed E-state index contributed by atoms with van der Waals surface area (Å²) in [4.78, 5) is 0. The van der Waals surface area contributed by atoms with Crippen LogP contribution in [0.2, 0.25) is 0 Å². The van der Waals surface area contributed by atoms with Crippen molar-refractivity contribution in [2.75, 3.05) is 47.0 Å². The predicted molar refractivity (Wildman–Crippen MR) is 116 cm³/mol. The van der Waals surface area contributed by atoms with E-state index in [2.05, 4.69) is 29.6 Å². The van der Waals surface area contributed by atoms with E-state index in [1.807, 2.05) is 18.2 Å². The topological polar surface area (TPSA) is 58.2 Å². The van der Waals surface area contributed by atoms with E-state index in [0.29, 0.717) is 42.3 Å². The minimum absolute atomic E-state index is 0.131. The van der Waals surface area contributed by atoms with Crippen molar-refractivity contribution in [2.45, 2.75) is 18.4 Å². The van der Waals surface area contributed by atoms with Gasteiger partial charge in [0, 0.05) is 18.7 Å². The third kappa shape index (κ3) is 3.67. The summed E-state index contributed by atoms with van der Waals surface area (Å²) in [5.41, 5.74) is 3.52. The zero-order valence-corrected chi connectivity index (χ0v) is 17.9. The summed E-state index contributed by atoms with van der Waals surface area (Å²) in [5, 5.41) is 3.75. The van der Waals surface area contributed by atoms with Gasteiger partial charge in [0.2, 0.25) is 5.75 Å². The standard InChI is InChI=1S/C24H29NO5/c1-26-10-11-30-16-8-9-20-19(14-16)17-6-5-7-18(17)23(25-20)15-12-21(27-2)24(29-4)22(13-15)28-3/h5-6,8-9,12-14,17-18,23,25H,7,10-11H2,1-4H3. The molecule has 4 rings (SSSR count). The van der Waals surface area contributed by atoms with Crippen molar-refractivity contribution < 1.29 is 23.7 Å². The molecular weight excluding hydrogens is 382 g/mol. The molecule has 160 valence electrons. The van der Waals surface area contributed by atoms with E-state index in [1.54, 1.807) is 28.4 Å². The SMILES string of the molecule is COCCOc1ccc2c(c1)C1C=CCC1C(c1cc(OC)c(OC)c(OC)c1)N2. The number of hydrogen-bond donors (Lipinski definition) is 1. The van der Waals surface area contributed by atoms with Gasteiger partial charge in [-0.3, -0.25) is 0 Å². The quantitative estimate of drug-likeness (QED) is 0.507. The first-order valence-corrected chi connectivity index (χ1v) is 10.2. The molecule has 0 saturated heterocycles. The van der Waals surface area contributed by atoms with Gasteiger partial charge in [-0.25, -0.2) is 0 Å². The number of hydrogen-bond acceptors (Lipinski definition) is 6. The van der Waals surface area contributed by atoms with Crippen LogP contribution in [0.5, 0.6) is 23.0 Å². The lowest BCUT2D eigenvalue weighted by Crippen LogP contribution is -2.29. The molecule has 1 aliphatic carbocycles. The Morgan fingerprint density at radius 3 is 2.37 bits per heavy atom. The molecule has 1 heterocycles. The molecule has 2 aromatic rings. The second-order valence-electron chi connectivity index (χ2n) is 7.52. The van der Waals surface area contributed by atoms with Crippen molar-refractivity contribution in [3.63, 3.8) is 0 Å². The zero-order valence-electron chi connectivity index (χ0n) is 17.9. The van der Waals surface area contributed by atoms with Gasteiger partial charge >= 0.3 is 0 Å². The van der Waals surface area contributed by atoms with Crippen LogP contribution >= 0.6 is 0 Å². The Morgan fingerprint density at radius 2 is 1.70 bits per heavy atom. The second kappa shape index (κ2) is 8.88. The number of fused-ring (bicyclic) bond motifs is 3. The van der Waals surface area contributed by atoms with Crippen LogP contribution in [-0.4, -0.2) is 41.7 Å². The summed E-state index contributed by atoms with van der Waals surface area (Å²) in [5.74, 6) is 3.55. The van der Waals surface area contributed by atoms with Gasteiger partial charge in [-0.15, -0.1) is 0 Å². The smallest absolute Gasteiger partial charge is 0.203 e. The van der Waals surface area contributed by atoms with Crippen LogP contribution < -0.4 is 24.3 Å². The van der Waals surface area contributed by atoms with Gasteiger partial charge in [-0.2, -0.15) is 0 Å². The highest BCUT2D eigenvalue weighted by atomic mass is 16.5. The first kappa shape index (κ1) is 20.4. The highest BCUT2D eigenvalue weighted by Crippen LogP contribution is 2.52. The molecule has 0 amide bonds. The lowest BCUT2D eigenvalue weighted by molar-refractivity contribution is 0.146. The molecule has 1 N–H and O–H groups in total. The van der Waals surface area contributed by atoms with E-state index < -0.39 is 0 Å². The number of ether oxygens (including phenoxy) is 5. The van der Waals surface area contributed by atoms with Gasteiger partial charge in [0.15, 0.2) is 11.5 Å². The molecule has 3 unspecified atom stereocenters.